The molecule has 0 unspecified atom stereocenters. The van der Waals surface area contributed by atoms with Crippen molar-refractivity contribution in [2.75, 3.05) is 20.3 Å². The summed E-state index contributed by atoms with van der Waals surface area (Å²) in [5, 5.41) is 2.86. The fraction of sp³-hybridized carbons (Fsp3) is 0.476. The number of hydrogen-bond acceptors (Lipinski definition) is 7. The average Bonchev–Trinajstić information content (AvgIpc) is 3.07. The molecule has 2 fully saturated rings. The summed E-state index contributed by atoms with van der Waals surface area (Å²) >= 11 is 0. The molecule has 4 rings (SSSR count). The number of H-pyrrole nitrogens is 1. The van der Waals surface area contributed by atoms with Crippen LogP contribution in [0, 0.1) is 0 Å². The third-order valence-corrected chi connectivity index (χ3v) is 5.39. The van der Waals surface area contributed by atoms with Gasteiger partial charge in [-0.1, -0.05) is 6.07 Å². The first-order valence-electron chi connectivity index (χ1n) is 9.98. The number of ether oxygens (including phenoxy) is 4. The number of benzene rings is 1. The summed E-state index contributed by atoms with van der Waals surface area (Å²) < 4.78 is 24.6. The van der Waals surface area contributed by atoms with E-state index >= 15 is 0 Å². The number of aromatic nitrogens is 2. The number of hydrogen-bond donors (Lipinski definition) is 2. The topological polar surface area (TPSA) is 121 Å². The highest BCUT2D eigenvalue weighted by atomic mass is 16.8. The van der Waals surface area contributed by atoms with Gasteiger partial charge >= 0.3 is 5.69 Å². The number of methoxy groups -OCH3 is 1. The Kier molecular flexibility index (Phi) is 5.69. The number of nitrogens with zero attached hydrogens (tertiary/aromatic N) is 1. The Bertz CT molecular complexity index is 1080. The van der Waals surface area contributed by atoms with Gasteiger partial charge in [0.1, 0.15) is 24.1 Å². The van der Waals surface area contributed by atoms with E-state index in [1.54, 1.807) is 38.1 Å². The second kappa shape index (κ2) is 8.29. The summed E-state index contributed by atoms with van der Waals surface area (Å²) in [6, 6.07) is 7.63. The number of fused-ring (bicyclic) bond motifs is 1. The summed E-state index contributed by atoms with van der Waals surface area (Å²) in [5.41, 5.74) is -0.553. The molecule has 0 saturated carbocycles. The zero-order valence-corrected chi connectivity index (χ0v) is 17.5. The van der Waals surface area contributed by atoms with Crippen LogP contribution in [0.2, 0.25) is 0 Å². The second-order valence-corrected chi connectivity index (χ2v) is 7.96. The molecule has 2 aliphatic heterocycles. The molecule has 31 heavy (non-hydrogen) atoms. The summed E-state index contributed by atoms with van der Waals surface area (Å²) in [4.78, 5) is 38.5. The Morgan fingerprint density at radius 3 is 2.77 bits per heavy atom. The first kappa shape index (κ1) is 21.3. The quantitative estimate of drug-likeness (QED) is 0.704. The molecule has 2 saturated heterocycles. The van der Waals surface area contributed by atoms with Crippen LogP contribution in [-0.4, -0.2) is 59.8 Å². The largest absolute Gasteiger partial charge is 0.497 e. The maximum Gasteiger partial charge on any atom is 0.328 e. The van der Waals surface area contributed by atoms with Gasteiger partial charge in [0.2, 0.25) is 0 Å². The van der Waals surface area contributed by atoms with Crippen LogP contribution in [0.1, 0.15) is 30.2 Å². The van der Waals surface area contributed by atoms with E-state index in [1.807, 2.05) is 0 Å². The van der Waals surface area contributed by atoms with Crippen molar-refractivity contribution in [3.63, 3.8) is 0 Å². The lowest BCUT2D eigenvalue weighted by Crippen LogP contribution is -2.54. The zero-order chi connectivity index (χ0) is 22.2. The standard InChI is InChI=1S/C21H25N3O7/c1-21(2)30-17-14(24-8-7-16(25)23-20(24)27)11-29-15(18(17)31-21)10-22-19(26)12-5-4-6-13(9-12)28-3/h4-9,14-15,17-18H,10-11H2,1-3H3,(H,22,26)(H,23,25,27)/t14-,15-,17+,18-/m1/s1. The van der Waals surface area contributed by atoms with Crippen molar-refractivity contribution in [2.45, 2.75) is 44.0 Å². The summed E-state index contributed by atoms with van der Waals surface area (Å²) in [7, 11) is 1.54. The van der Waals surface area contributed by atoms with E-state index in [9.17, 15) is 14.4 Å². The van der Waals surface area contributed by atoms with Crippen LogP contribution in [-0.2, 0) is 14.2 Å². The molecule has 166 valence electrons. The molecule has 2 aliphatic rings. The third kappa shape index (κ3) is 4.41. The Morgan fingerprint density at radius 2 is 2.03 bits per heavy atom. The molecule has 1 aromatic carbocycles. The minimum atomic E-state index is -0.887. The molecule has 3 heterocycles. The first-order valence-corrected chi connectivity index (χ1v) is 9.98. The van der Waals surface area contributed by atoms with E-state index in [0.717, 1.165) is 0 Å². The molecular formula is C21H25N3O7. The van der Waals surface area contributed by atoms with Crippen molar-refractivity contribution >= 4 is 5.91 Å². The minimum absolute atomic E-state index is 0.159. The van der Waals surface area contributed by atoms with Gasteiger partial charge in [-0.15, -0.1) is 0 Å². The van der Waals surface area contributed by atoms with E-state index in [1.165, 1.54) is 23.9 Å². The molecule has 0 spiro atoms. The smallest absolute Gasteiger partial charge is 0.328 e. The van der Waals surface area contributed by atoms with Gasteiger partial charge in [0.15, 0.2) is 5.79 Å². The summed E-state index contributed by atoms with van der Waals surface area (Å²) in [6.45, 7) is 3.92. The predicted octanol–water partition coefficient (Wildman–Crippen LogP) is 0.435. The van der Waals surface area contributed by atoms with Crippen LogP contribution in [0.3, 0.4) is 0 Å². The molecule has 0 aliphatic carbocycles. The predicted molar refractivity (Wildman–Crippen MR) is 109 cm³/mol. The van der Waals surface area contributed by atoms with E-state index in [4.69, 9.17) is 18.9 Å². The minimum Gasteiger partial charge on any atom is -0.497 e. The van der Waals surface area contributed by atoms with Gasteiger partial charge in [-0.2, -0.15) is 0 Å². The lowest BCUT2D eigenvalue weighted by Gasteiger charge is -2.37. The molecule has 1 amide bonds. The van der Waals surface area contributed by atoms with Gasteiger partial charge < -0.3 is 24.3 Å². The van der Waals surface area contributed by atoms with Crippen molar-refractivity contribution in [3.8, 4) is 5.75 Å². The van der Waals surface area contributed by atoms with Crippen molar-refractivity contribution in [1.82, 2.24) is 14.9 Å². The van der Waals surface area contributed by atoms with Crippen molar-refractivity contribution in [2.24, 2.45) is 0 Å². The lowest BCUT2D eigenvalue weighted by atomic mass is 9.97. The maximum absolute atomic E-state index is 12.6. The fourth-order valence-electron chi connectivity index (χ4n) is 3.98. The molecule has 10 heteroatoms. The lowest BCUT2D eigenvalue weighted by molar-refractivity contribution is -0.153. The number of carbonyl (C=O) groups is 1. The van der Waals surface area contributed by atoms with E-state index in [-0.39, 0.29) is 19.1 Å². The van der Waals surface area contributed by atoms with Crippen LogP contribution in [0.25, 0.3) is 0 Å². The van der Waals surface area contributed by atoms with Crippen molar-refractivity contribution in [1.29, 1.82) is 0 Å². The fourth-order valence-corrected chi connectivity index (χ4v) is 3.98. The van der Waals surface area contributed by atoms with Crippen LogP contribution < -0.4 is 21.3 Å². The van der Waals surface area contributed by atoms with Crippen molar-refractivity contribution < 1.29 is 23.7 Å². The first-order chi connectivity index (χ1) is 14.8. The van der Waals surface area contributed by atoms with Gasteiger partial charge in [-0.05, 0) is 32.0 Å². The molecule has 1 aromatic heterocycles. The highest BCUT2D eigenvalue weighted by Crippen LogP contribution is 2.39. The van der Waals surface area contributed by atoms with Crippen LogP contribution in [0.4, 0.5) is 0 Å². The number of aromatic amines is 1. The Hall–Kier alpha value is -2.95. The van der Waals surface area contributed by atoms with E-state index < -0.39 is 41.4 Å². The molecule has 0 radical (unpaired) electrons. The Balaban J connectivity index is 1.50. The van der Waals surface area contributed by atoms with Crippen LogP contribution in [0.15, 0.2) is 46.1 Å². The highest BCUT2D eigenvalue weighted by molar-refractivity contribution is 5.94. The Labute approximate surface area is 178 Å². The van der Waals surface area contributed by atoms with Gasteiger partial charge in [-0.25, -0.2) is 4.79 Å². The monoisotopic (exact) mass is 431 g/mol. The van der Waals surface area contributed by atoms with Gasteiger partial charge in [0.25, 0.3) is 11.5 Å². The number of amides is 1. The Morgan fingerprint density at radius 1 is 1.26 bits per heavy atom. The number of rotatable bonds is 5. The van der Waals surface area contributed by atoms with Gasteiger partial charge in [0, 0.05) is 24.4 Å². The third-order valence-electron chi connectivity index (χ3n) is 5.39. The van der Waals surface area contributed by atoms with Crippen LogP contribution >= 0.6 is 0 Å². The second-order valence-electron chi connectivity index (χ2n) is 7.96. The van der Waals surface area contributed by atoms with Gasteiger partial charge in [-0.3, -0.25) is 19.1 Å². The summed E-state index contributed by atoms with van der Waals surface area (Å²) in [6.07, 6.45) is -0.0634. The molecule has 2 N–H and O–H groups in total. The number of nitrogens with one attached hydrogen (secondary N) is 2. The summed E-state index contributed by atoms with van der Waals surface area (Å²) in [5.74, 6) is -0.566. The van der Waals surface area contributed by atoms with E-state index in [0.29, 0.717) is 11.3 Å². The van der Waals surface area contributed by atoms with Crippen molar-refractivity contribution in [3.05, 3.63) is 62.9 Å². The van der Waals surface area contributed by atoms with E-state index in [2.05, 4.69) is 10.3 Å². The normalized spacial score (nSPS) is 26.8. The van der Waals surface area contributed by atoms with Gasteiger partial charge in [0.05, 0.1) is 19.8 Å². The molecule has 4 atom stereocenters. The number of carbonyl (C=O) groups excluding carboxylic acids is 1. The molecular weight excluding hydrogens is 406 g/mol. The molecule has 2 aromatic rings. The average molecular weight is 431 g/mol. The maximum atomic E-state index is 12.6. The zero-order valence-electron chi connectivity index (χ0n) is 17.5. The van der Waals surface area contributed by atoms with Crippen LogP contribution in [0.5, 0.6) is 5.75 Å². The molecule has 0 bridgehead atoms. The highest BCUT2D eigenvalue weighted by Gasteiger charge is 2.52. The SMILES string of the molecule is COc1cccc(C(=O)NC[C@H]2OC[C@@H](n3ccc(=O)[nH]c3=O)[C@@H]3OC(C)(C)O[C@@H]32)c1. The molecule has 10 nitrogen and oxygen atoms in total.